The monoisotopic (exact) mass is 366 g/mol. The van der Waals surface area contributed by atoms with Crippen LogP contribution in [0, 0.1) is 29.2 Å². The smallest absolute Gasteiger partial charge is 0.270 e. The average Bonchev–Trinajstić information content (AvgIpc) is 3.04. The van der Waals surface area contributed by atoms with E-state index in [9.17, 15) is 10.5 Å². The Kier molecular flexibility index (Phi) is 5.43. The van der Waals surface area contributed by atoms with Gasteiger partial charge in [0.05, 0.1) is 35.0 Å². The Morgan fingerprint density at radius 2 is 1.78 bits per heavy atom. The molecule has 0 saturated heterocycles. The number of anilines is 1. The fourth-order valence-electron chi connectivity index (χ4n) is 2.76. The maximum absolute atomic E-state index is 9.70. The lowest BCUT2D eigenvalue weighted by Gasteiger charge is -2.12. The van der Waals surface area contributed by atoms with Gasteiger partial charge in [-0.25, -0.2) is 10.1 Å². The van der Waals surface area contributed by atoms with E-state index in [0.717, 1.165) is 15.6 Å². The van der Waals surface area contributed by atoms with Gasteiger partial charge in [0.1, 0.15) is 0 Å². The summed E-state index contributed by atoms with van der Waals surface area (Å²) in [7, 11) is 1.97. The quantitative estimate of drug-likeness (QED) is 0.416. The molecule has 0 N–H and O–H groups in total. The fourth-order valence-corrected chi connectivity index (χ4v) is 3.81. The highest BCUT2D eigenvalue weighted by atomic mass is 32.2. The van der Waals surface area contributed by atoms with E-state index in [1.54, 1.807) is 30.0 Å². The van der Waals surface area contributed by atoms with Crippen molar-refractivity contribution in [2.75, 3.05) is 11.9 Å². The standard InChI is InChI=1S/C22H14N4S/c1-25-18(15-24)22(16-8-4-3-5-9-16)17(14-23)12-13-21-26(2)19-10-6-7-11-20(19)27-21/h3-13H,2H3/b17-12+,21-13-,22-18-. The highest BCUT2D eigenvalue weighted by Gasteiger charge is 2.21. The summed E-state index contributed by atoms with van der Waals surface area (Å²) in [4.78, 5) is 6.52. The van der Waals surface area contributed by atoms with E-state index in [4.69, 9.17) is 6.57 Å². The van der Waals surface area contributed by atoms with Gasteiger partial charge >= 0.3 is 0 Å². The lowest BCUT2D eigenvalue weighted by molar-refractivity contribution is 1.17. The molecule has 2 aromatic carbocycles. The molecule has 0 aromatic heterocycles. The zero-order valence-corrected chi connectivity index (χ0v) is 15.4. The molecule has 0 radical (unpaired) electrons. The topological polar surface area (TPSA) is 55.2 Å². The molecule has 2 aromatic rings. The van der Waals surface area contributed by atoms with E-state index in [1.165, 1.54) is 0 Å². The van der Waals surface area contributed by atoms with Crippen LogP contribution in [0.4, 0.5) is 5.69 Å². The number of hydrogen-bond acceptors (Lipinski definition) is 4. The summed E-state index contributed by atoms with van der Waals surface area (Å²) < 4.78 is 0. The minimum absolute atomic E-state index is 0.0943. The molecule has 1 aliphatic rings. The second kappa shape index (κ2) is 8.11. The van der Waals surface area contributed by atoms with E-state index >= 15 is 0 Å². The number of nitriles is 2. The molecule has 27 heavy (non-hydrogen) atoms. The van der Waals surface area contributed by atoms with Gasteiger partial charge in [-0.15, -0.1) is 0 Å². The number of rotatable bonds is 3. The van der Waals surface area contributed by atoms with E-state index in [-0.39, 0.29) is 11.3 Å². The third-order valence-electron chi connectivity index (χ3n) is 4.07. The number of hydrogen-bond donors (Lipinski definition) is 0. The highest BCUT2D eigenvalue weighted by molar-refractivity contribution is 8.03. The van der Waals surface area contributed by atoms with Gasteiger partial charge in [-0.1, -0.05) is 54.2 Å². The van der Waals surface area contributed by atoms with Gasteiger partial charge in [0.15, 0.2) is 0 Å². The number of fused-ring (bicyclic) bond motifs is 1. The minimum atomic E-state index is -0.0943. The minimum Gasteiger partial charge on any atom is -0.338 e. The van der Waals surface area contributed by atoms with Crippen LogP contribution in [-0.4, -0.2) is 7.05 Å². The number of thioether (sulfide) groups is 1. The summed E-state index contributed by atoms with van der Waals surface area (Å²) in [6.45, 7) is 7.31. The number of nitrogens with zero attached hydrogens (tertiary/aromatic N) is 4. The molecule has 3 rings (SSSR count). The summed E-state index contributed by atoms with van der Waals surface area (Å²) >= 11 is 1.62. The van der Waals surface area contributed by atoms with Crippen LogP contribution in [0.5, 0.6) is 0 Å². The molecule has 0 spiro atoms. The van der Waals surface area contributed by atoms with Crippen LogP contribution in [0.15, 0.2) is 87.9 Å². The van der Waals surface area contributed by atoms with Gasteiger partial charge in [0.2, 0.25) is 0 Å². The number of allylic oxidation sites excluding steroid dienone is 5. The van der Waals surface area contributed by atoms with Gasteiger partial charge in [-0.3, -0.25) is 0 Å². The predicted molar refractivity (Wildman–Crippen MR) is 108 cm³/mol. The summed E-state index contributed by atoms with van der Waals surface area (Å²) in [6, 6.07) is 21.2. The van der Waals surface area contributed by atoms with Crippen LogP contribution >= 0.6 is 11.8 Å². The van der Waals surface area contributed by atoms with E-state index in [0.29, 0.717) is 11.1 Å². The molecule has 0 atom stereocenters. The summed E-state index contributed by atoms with van der Waals surface area (Å²) in [5, 5.41) is 20.0. The summed E-state index contributed by atoms with van der Waals surface area (Å²) in [5.41, 5.74) is 2.33. The maximum atomic E-state index is 9.70. The Morgan fingerprint density at radius 1 is 1.07 bits per heavy atom. The van der Waals surface area contributed by atoms with Crippen molar-refractivity contribution in [3.63, 3.8) is 0 Å². The molecule has 1 heterocycles. The molecule has 5 heteroatoms. The molecule has 0 unspecified atom stereocenters. The zero-order valence-electron chi connectivity index (χ0n) is 14.5. The van der Waals surface area contributed by atoms with Crippen LogP contribution in [0.2, 0.25) is 0 Å². The normalized spacial score (nSPS) is 15.4. The van der Waals surface area contributed by atoms with Crippen molar-refractivity contribution in [1.82, 2.24) is 0 Å². The van der Waals surface area contributed by atoms with E-state index < -0.39 is 0 Å². The van der Waals surface area contributed by atoms with Gasteiger partial charge in [0, 0.05) is 17.5 Å². The van der Waals surface area contributed by atoms with Crippen LogP contribution in [0.1, 0.15) is 5.56 Å². The molecule has 0 fully saturated rings. The SMILES string of the molecule is [C-]#[N+]\C(C#N)=C(/C(C#N)=C/C=C1\Sc2ccccc2N1C)c1ccccc1. The van der Waals surface area contributed by atoms with Crippen molar-refractivity contribution >= 4 is 23.0 Å². The molecule has 0 aliphatic carbocycles. The first-order chi connectivity index (χ1) is 13.2. The fraction of sp³-hybridized carbons (Fsp3) is 0.0455. The second-order valence-corrected chi connectivity index (χ2v) is 6.70. The molecule has 4 nitrogen and oxygen atoms in total. The lowest BCUT2D eigenvalue weighted by atomic mass is 9.96. The van der Waals surface area contributed by atoms with Gasteiger partial charge in [0.25, 0.3) is 5.70 Å². The first-order valence-electron chi connectivity index (χ1n) is 8.10. The Balaban J connectivity index is 2.06. The Bertz CT molecular complexity index is 1070. The van der Waals surface area contributed by atoms with Crippen LogP contribution in [0.25, 0.3) is 10.4 Å². The van der Waals surface area contributed by atoms with Crippen LogP contribution in [-0.2, 0) is 0 Å². The molecule has 0 amide bonds. The summed E-state index contributed by atoms with van der Waals surface area (Å²) in [5.74, 6) is 0. The van der Waals surface area contributed by atoms with Crippen LogP contribution in [0.3, 0.4) is 0 Å². The molecule has 1 aliphatic heterocycles. The molecular formula is C22H14N4S. The van der Waals surface area contributed by atoms with Crippen molar-refractivity contribution in [3.05, 3.63) is 100 Å². The number of benzene rings is 2. The van der Waals surface area contributed by atoms with Crippen molar-refractivity contribution in [1.29, 1.82) is 10.5 Å². The second-order valence-electron chi connectivity index (χ2n) is 5.64. The van der Waals surface area contributed by atoms with E-state index in [2.05, 4.69) is 15.8 Å². The third-order valence-corrected chi connectivity index (χ3v) is 5.26. The highest BCUT2D eigenvalue weighted by Crippen LogP contribution is 2.44. The van der Waals surface area contributed by atoms with Crippen molar-refractivity contribution in [3.8, 4) is 12.1 Å². The largest absolute Gasteiger partial charge is 0.338 e. The van der Waals surface area contributed by atoms with Crippen molar-refractivity contribution in [2.24, 2.45) is 0 Å². The van der Waals surface area contributed by atoms with Crippen molar-refractivity contribution in [2.45, 2.75) is 4.90 Å². The molecule has 0 saturated carbocycles. The van der Waals surface area contributed by atoms with E-state index in [1.807, 2.05) is 61.7 Å². The average molecular weight is 366 g/mol. The van der Waals surface area contributed by atoms with Gasteiger partial charge < -0.3 is 4.90 Å². The molecule has 0 bridgehead atoms. The number of para-hydroxylation sites is 1. The molecular weight excluding hydrogens is 352 g/mol. The Hall–Kier alpha value is -3.72. The summed E-state index contributed by atoms with van der Waals surface area (Å²) in [6.07, 6.45) is 3.53. The maximum Gasteiger partial charge on any atom is 0.270 e. The van der Waals surface area contributed by atoms with Gasteiger partial charge in [-0.05, 0) is 29.8 Å². The third kappa shape index (κ3) is 3.62. The molecule has 128 valence electrons. The Morgan fingerprint density at radius 3 is 2.41 bits per heavy atom. The van der Waals surface area contributed by atoms with Crippen LogP contribution < -0.4 is 4.90 Å². The zero-order chi connectivity index (χ0) is 19.2. The first kappa shape index (κ1) is 18.1. The first-order valence-corrected chi connectivity index (χ1v) is 8.91. The Labute approximate surface area is 162 Å². The predicted octanol–water partition coefficient (Wildman–Crippen LogP) is 5.37. The lowest BCUT2D eigenvalue weighted by Crippen LogP contribution is -2.09. The van der Waals surface area contributed by atoms with Gasteiger partial charge in [-0.2, -0.15) is 5.26 Å². The van der Waals surface area contributed by atoms with Crippen molar-refractivity contribution < 1.29 is 0 Å².